The molecule has 0 aromatic heterocycles. The fraction of sp³-hybridized carbons (Fsp3) is 0.263. The summed E-state index contributed by atoms with van der Waals surface area (Å²) in [5, 5.41) is 2.32. The second-order valence-electron chi connectivity index (χ2n) is 6.37. The van der Waals surface area contributed by atoms with E-state index in [2.05, 4.69) is 5.32 Å². The van der Waals surface area contributed by atoms with Crippen molar-refractivity contribution in [2.75, 3.05) is 38.0 Å². The number of nitrogens with one attached hydrogen (secondary N) is 1. The Labute approximate surface area is 158 Å². The van der Waals surface area contributed by atoms with Gasteiger partial charge in [-0.05, 0) is 30.3 Å². The maximum absolute atomic E-state index is 13.6. The molecular formula is C19H17F4N3O2. The Kier molecular flexibility index (Phi) is 5.93. The van der Waals surface area contributed by atoms with Crippen LogP contribution >= 0.6 is 0 Å². The Bertz CT molecular complexity index is 899. The van der Waals surface area contributed by atoms with Gasteiger partial charge in [-0.3, -0.25) is 14.5 Å². The summed E-state index contributed by atoms with van der Waals surface area (Å²) in [4.78, 5) is 27.6. The van der Waals surface area contributed by atoms with Crippen molar-refractivity contribution in [3.8, 4) is 0 Å². The third-order valence-corrected chi connectivity index (χ3v) is 4.40. The average molecular weight is 395 g/mol. The van der Waals surface area contributed by atoms with Crippen molar-refractivity contribution in [1.82, 2.24) is 9.80 Å². The van der Waals surface area contributed by atoms with Crippen LogP contribution in [-0.2, 0) is 4.79 Å². The van der Waals surface area contributed by atoms with Gasteiger partial charge in [-0.15, -0.1) is 0 Å². The number of rotatable bonds is 4. The first-order valence-electron chi connectivity index (χ1n) is 8.55. The molecule has 2 aromatic rings. The summed E-state index contributed by atoms with van der Waals surface area (Å²) in [6, 6.07) is 5.74. The van der Waals surface area contributed by atoms with Crippen LogP contribution in [0.15, 0.2) is 36.4 Å². The number of nitrogens with zero attached hydrogens (tertiary/aromatic N) is 2. The molecule has 1 aliphatic rings. The van der Waals surface area contributed by atoms with E-state index in [4.69, 9.17) is 0 Å². The van der Waals surface area contributed by atoms with Gasteiger partial charge in [0.15, 0.2) is 11.6 Å². The predicted molar refractivity (Wildman–Crippen MR) is 93.7 cm³/mol. The Hall–Kier alpha value is -2.94. The first-order valence-corrected chi connectivity index (χ1v) is 8.55. The van der Waals surface area contributed by atoms with Crippen molar-refractivity contribution in [1.29, 1.82) is 0 Å². The molecule has 3 rings (SSSR count). The molecule has 0 unspecified atom stereocenters. The van der Waals surface area contributed by atoms with E-state index in [0.717, 1.165) is 30.3 Å². The fourth-order valence-electron chi connectivity index (χ4n) is 2.91. The Balaban J connectivity index is 1.52. The van der Waals surface area contributed by atoms with Crippen LogP contribution in [-0.4, -0.2) is 54.3 Å². The lowest BCUT2D eigenvalue weighted by Gasteiger charge is -2.34. The smallest absolute Gasteiger partial charge is 0.254 e. The summed E-state index contributed by atoms with van der Waals surface area (Å²) in [5.41, 5.74) is -0.191. The molecule has 5 nitrogen and oxygen atoms in total. The number of hydrogen-bond acceptors (Lipinski definition) is 3. The van der Waals surface area contributed by atoms with E-state index in [1.54, 1.807) is 4.90 Å². The van der Waals surface area contributed by atoms with Crippen LogP contribution in [0.5, 0.6) is 0 Å². The molecule has 2 aromatic carbocycles. The first kappa shape index (κ1) is 19.8. The van der Waals surface area contributed by atoms with Gasteiger partial charge in [0, 0.05) is 37.8 Å². The summed E-state index contributed by atoms with van der Waals surface area (Å²) in [5.74, 6) is -4.46. The van der Waals surface area contributed by atoms with Gasteiger partial charge in [-0.1, -0.05) is 0 Å². The van der Waals surface area contributed by atoms with Crippen LogP contribution in [0, 0.1) is 23.3 Å². The molecule has 0 aliphatic carbocycles. The molecular weight excluding hydrogens is 378 g/mol. The SMILES string of the molecule is O=C(CN1CCN(C(=O)c2ccc(F)c(F)c2)CC1)Nc1cc(F)ccc1F. The van der Waals surface area contributed by atoms with Gasteiger partial charge in [0.1, 0.15) is 11.6 Å². The van der Waals surface area contributed by atoms with E-state index in [1.165, 1.54) is 11.0 Å². The molecule has 1 aliphatic heterocycles. The monoisotopic (exact) mass is 395 g/mol. The second kappa shape index (κ2) is 8.39. The van der Waals surface area contributed by atoms with E-state index in [0.29, 0.717) is 26.2 Å². The Morgan fingerprint density at radius 2 is 1.54 bits per heavy atom. The number of carbonyl (C=O) groups is 2. The number of benzene rings is 2. The minimum atomic E-state index is -1.09. The van der Waals surface area contributed by atoms with Gasteiger partial charge >= 0.3 is 0 Å². The molecule has 1 saturated heterocycles. The quantitative estimate of drug-likeness (QED) is 0.810. The molecule has 2 amide bonds. The largest absolute Gasteiger partial charge is 0.336 e. The zero-order chi connectivity index (χ0) is 20.3. The zero-order valence-corrected chi connectivity index (χ0v) is 14.7. The maximum Gasteiger partial charge on any atom is 0.254 e. The summed E-state index contributed by atoms with van der Waals surface area (Å²) in [6.45, 7) is 1.27. The number of halogens is 4. The normalized spacial score (nSPS) is 14.8. The predicted octanol–water partition coefficient (Wildman–Crippen LogP) is 2.64. The van der Waals surface area contributed by atoms with Crippen LogP contribution < -0.4 is 5.32 Å². The van der Waals surface area contributed by atoms with Crippen molar-refractivity contribution in [2.24, 2.45) is 0 Å². The van der Waals surface area contributed by atoms with E-state index in [9.17, 15) is 27.2 Å². The van der Waals surface area contributed by atoms with Gasteiger partial charge in [-0.25, -0.2) is 17.6 Å². The highest BCUT2D eigenvalue weighted by molar-refractivity contribution is 5.94. The van der Waals surface area contributed by atoms with E-state index < -0.39 is 35.1 Å². The number of anilines is 1. The lowest BCUT2D eigenvalue weighted by atomic mass is 10.1. The second-order valence-corrected chi connectivity index (χ2v) is 6.37. The van der Waals surface area contributed by atoms with Gasteiger partial charge in [0.2, 0.25) is 5.91 Å². The zero-order valence-electron chi connectivity index (χ0n) is 14.7. The molecule has 148 valence electrons. The topological polar surface area (TPSA) is 52.7 Å². The number of carbonyl (C=O) groups excluding carboxylic acids is 2. The van der Waals surface area contributed by atoms with E-state index in [1.807, 2.05) is 0 Å². The Morgan fingerprint density at radius 1 is 0.857 bits per heavy atom. The number of piperazine rings is 1. The number of amides is 2. The van der Waals surface area contributed by atoms with E-state index in [-0.39, 0.29) is 17.8 Å². The van der Waals surface area contributed by atoms with Gasteiger partial charge in [0.25, 0.3) is 5.91 Å². The minimum Gasteiger partial charge on any atom is -0.336 e. The third-order valence-electron chi connectivity index (χ3n) is 4.40. The molecule has 1 heterocycles. The molecule has 9 heteroatoms. The van der Waals surface area contributed by atoms with Crippen LogP contribution in [0.1, 0.15) is 10.4 Å². The molecule has 0 bridgehead atoms. The van der Waals surface area contributed by atoms with Crippen molar-refractivity contribution < 1.29 is 27.2 Å². The first-order chi connectivity index (χ1) is 13.3. The summed E-state index contributed by atoms with van der Waals surface area (Å²) in [7, 11) is 0. The standard InChI is InChI=1S/C19H17F4N3O2/c20-13-2-4-15(22)17(10-13)24-18(27)11-25-5-7-26(8-6-25)19(28)12-1-3-14(21)16(23)9-12/h1-4,9-10H,5-8,11H2,(H,24,27). The molecule has 0 spiro atoms. The fourth-order valence-corrected chi connectivity index (χ4v) is 2.91. The highest BCUT2D eigenvalue weighted by atomic mass is 19.2. The van der Waals surface area contributed by atoms with Crippen LogP contribution in [0.4, 0.5) is 23.2 Å². The van der Waals surface area contributed by atoms with Crippen molar-refractivity contribution in [3.63, 3.8) is 0 Å². The summed E-state index contributed by atoms with van der Waals surface area (Å²) < 4.78 is 53.0. The van der Waals surface area contributed by atoms with Crippen LogP contribution in [0.2, 0.25) is 0 Å². The van der Waals surface area contributed by atoms with Gasteiger partial charge in [0.05, 0.1) is 12.2 Å². The molecule has 1 N–H and O–H groups in total. The lowest BCUT2D eigenvalue weighted by Crippen LogP contribution is -2.50. The third kappa shape index (κ3) is 4.66. The van der Waals surface area contributed by atoms with Gasteiger partial charge in [-0.2, -0.15) is 0 Å². The molecule has 0 saturated carbocycles. The van der Waals surface area contributed by atoms with Crippen molar-refractivity contribution in [3.05, 3.63) is 65.2 Å². The molecule has 0 atom stereocenters. The van der Waals surface area contributed by atoms with Crippen molar-refractivity contribution >= 4 is 17.5 Å². The summed E-state index contributed by atoms with van der Waals surface area (Å²) >= 11 is 0. The highest BCUT2D eigenvalue weighted by Crippen LogP contribution is 2.16. The molecule has 0 radical (unpaired) electrons. The summed E-state index contributed by atoms with van der Waals surface area (Å²) in [6.07, 6.45) is 0. The lowest BCUT2D eigenvalue weighted by molar-refractivity contribution is -0.117. The molecule has 1 fully saturated rings. The average Bonchev–Trinajstić information content (AvgIpc) is 2.67. The van der Waals surface area contributed by atoms with Gasteiger partial charge < -0.3 is 10.2 Å². The maximum atomic E-state index is 13.6. The minimum absolute atomic E-state index is 0.0478. The van der Waals surface area contributed by atoms with Crippen molar-refractivity contribution in [2.45, 2.75) is 0 Å². The number of hydrogen-bond donors (Lipinski definition) is 1. The highest BCUT2D eigenvalue weighted by Gasteiger charge is 2.24. The molecule has 28 heavy (non-hydrogen) atoms. The van der Waals surface area contributed by atoms with Crippen LogP contribution in [0.3, 0.4) is 0 Å². The van der Waals surface area contributed by atoms with E-state index >= 15 is 0 Å². The van der Waals surface area contributed by atoms with Crippen LogP contribution in [0.25, 0.3) is 0 Å². The Morgan fingerprint density at radius 3 is 2.21 bits per heavy atom.